The molecule has 2 N–H and O–H groups in total. The molecule has 0 spiro atoms. The van der Waals surface area contributed by atoms with Crippen LogP contribution in [-0.2, 0) is 9.59 Å². The van der Waals surface area contributed by atoms with Crippen molar-refractivity contribution in [1.82, 2.24) is 5.32 Å². The molecule has 2 aromatic carbocycles. The number of carbonyl (C=O) groups excluding carboxylic acids is 2. The van der Waals surface area contributed by atoms with Crippen LogP contribution < -0.4 is 21.0 Å². The highest BCUT2D eigenvalue weighted by Gasteiger charge is 2.29. The van der Waals surface area contributed by atoms with Gasteiger partial charge in [0.15, 0.2) is 6.61 Å². The van der Waals surface area contributed by atoms with Gasteiger partial charge < -0.3 is 19.8 Å². The van der Waals surface area contributed by atoms with Crippen LogP contribution in [0, 0.1) is 5.92 Å². The van der Waals surface area contributed by atoms with E-state index >= 15 is 0 Å². The van der Waals surface area contributed by atoms with E-state index in [2.05, 4.69) is 10.6 Å². The van der Waals surface area contributed by atoms with Gasteiger partial charge in [-0.1, -0.05) is 12.1 Å². The Labute approximate surface area is 173 Å². The number of amides is 2. The molecule has 7 heteroatoms. The standard InChI is InChI=1S/C23H22N2O5/c1-14(15-4-8-18(9-5-15)25-23(28)17-2-3-17)24-21(26)13-29-19-10-6-16-7-11-22(27)30-20(16)12-19/h4-12,14,17H,2-3,13H2,1H3,(H,24,26)(H,25,28). The Balaban J connectivity index is 1.30. The normalized spacial score (nSPS) is 14.2. The van der Waals surface area contributed by atoms with E-state index in [1.165, 1.54) is 6.07 Å². The molecule has 0 saturated heterocycles. The van der Waals surface area contributed by atoms with Gasteiger partial charge in [-0.3, -0.25) is 9.59 Å². The maximum absolute atomic E-state index is 12.2. The molecule has 0 radical (unpaired) electrons. The lowest BCUT2D eigenvalue weighted by atomic mass is 10.1. The summed E-state index contributed by atoms with van der Waals surface area (Å²) in [6, 6.07) is 15.3. The first kappa shape index (κ1) is 19.7. The quantitative estimate of drug-likeness (QED) is 0.586. The third-order valence-electron chi connectivity index (χ3n) is 4.97. The average Bonchev–Trinajstić information content (AvgIpc) is 3.58. The van der Waals surface area contributed by atoms with Crippen molar-refractivity contribution in [2.75, 3.05) is 11.9 Å². The van der Waals surface area contributed by atoms with Crippen LogP contribution in [0.5, 0.6) is 5.75 Å². The van der Waals surface area contributed by atoms with Crippen LogP contribution in [0.4, 0.5) is 5.69 Å². The van der Waals surface area contributed by atoms with E-state index in [1.54, 1.807) is 24.3 Å². The molecule has 1 fully saturated rings. The van der Waals surface area contributed by atoms with Crippen LogP contribution in [0.15, 0.2) is 63.8 Å². The summed E-state index contributed by atoms with van der Waals surface area (Å²) in [5, 5.41) is 6.54. The van der Waals surface area contributed by atoms with Crippen molar-refractivity contribution >= 4 is 28.5 Å². The number of fused-ring (bicyclic) bond motifs is 1. The predicted molar refractivity (Wildman–Crippen MR) is 112 cm³/mol. The highest BCUT2D eigenvalue weighted by atomic mass is 16.5. The van der Waals surface area contributed by atoms with Crippen LogP contribution >= 0.6 is 0 Å². The summed E-state index contributed by atoms with van der Waals surface area (Å²) in [5.74, 6) is 0.384. The molecule has 4 rings (SSSR count). The molecule has 1 saturated carbocycles. The SMILES string of the molecule is CC(NC(=O)COc1ccc2ccc(=O)oc2c1)c1ccc(NC(=O)C2CC2)cc1. The molecule has 3 aromatic rings. The van der Waals surface area contributed by atoms with Crippen molar-refractivity contribution in [3.8, 4) is 5.75 Å². The molecule has 0 aliphatic heterocycles. The first-order chi connectivity index (χ1) is 14.5. The van der Waals surface area contributed by atoms with Gasteiger partial charge in [0.2, 0.25) is 5.91 Å². The minimum Gasteiger partial charge on any atom is -0.484 e. The maximum atomic E-state index is 12.2. The fourth-order valence-corrected chi connectivity index (χ4v) is 3.09. The lowest BCUT2D eigenvalue weighted by Gasteiger charge is -2.15. The summed E-state index contributed by atoms with van der Waals surface area (Å²) in [4.78, 5) is 35.4. The highest BCUT2D eigenvalue weighted by Crippen LogP contribution is 2.30. The second-order valence-electron chi connectivity index (χ2n) is 7.42. The highest BCUT2D eigenvalue weighted by molar-refractivity contribution is 5.94. The maximum Gasteiger partial charge on any atom is 0.336 e. The van der Waals surface area contributed by atoms with Crippen LogP contribution in [0.3, 0.4) is 0 Å². The average molecular weight is 406 g/mol. The molecule has 154 valence electrons. The zero-order valence-electron chi connectivity index (χ0n) is 16.5. The molecule has 1 heterocycles. The van der Waals surface area contributed by atoms with Gasteiger partial charge in [-0.25, -0.2) is 4.79 Å². The van der Waals surface area contributed by atoms with E-state index in [1.807, 2.05) is 31.2 Å². The lowest BCUT2D eigenvalue weighted by Crippen LogP contribution is -2.31. The molecule has 1 unspecified atom stereocenters. The molecule has 1 atom stereocenters. The van der Waals surface area contributed by atoms with Crippen LogP contribution in [0.25, 0.3) is 11.0 Å². The summed E-state index contributed by atoms with van der Waals surface area (Å²) in [6.45, 7) is 1.71. The van der Waals surface area contributed by atoms with Crippen LogP contribution in [0.2, 0.25) is 0 Å². The number of anilines is 1. The topological polar surface area (TPSA) is 97.6 Å². The Hall–Kier alpha value is -3.61. The minimum absolute atomic E-state index is 0.0641. The summed E-state index contributed by atoms with van der Waals surface area (Å²) in [6.07, 6.45) is 1.92. The van der Waals surface area contributed by atoms with E-state index in [0.717, 1.165) is 29.5 Å². The molecule has 1 aliphatic rings. The molecular formula is C23H22N2O5. The Morgan fingerprint density at radius 1 is 1.10 bits per heavy atom. The van der Waals surface area contributed by atoms with E-state index < -0.39 is 5.63 Å². The zero-order chi connectivity index (χ0) is 21.1. The summed E-state index contributed by atoms with van der Waals surface area (Å²) in [5.41, 5.74) is 1.63. The largest absolute Gasteiger partial charge is 0.484 e. The molecule has 7 nitrogen and oxygen atoms in total. The predicted octanol–water partition coefficient (Wildman–Crippen LogP) is 3.40. The van der Waals surface area contributed by atoms with E-state index in [-0.39, 0.29) is 30.4 Å². The zero-order valence-corrected chi connectivity index (χ0v) is 16.5. The van der Waals surface area contributed by atoms with Crippen molar-refractivity contribution < 1.29 is 18.7 Å². The molecule has 30 heavy (non-hydrogen) atoms. The monoisotopic (exact) mass is 406 g/mol. The summed E-state index contributed by atoms with van der Waals surface area (Å²) in [7, 11) is 0. The Morgan fingerprint density at radius 3 is 2.57 bits per heavy atom. The van der Waals surface area contributed by atoms with Gasteiger partial charge in [0.05, 0.1) is 6.04 Å². The molecule has 1 aromatic heterocycles. The first-order valence-electron chi connectivity index (χ1n) is 9.85. The second-order valence-corrected chi connectivity index (χ2v) is 7.42. The smallest absolute Gasteiger partial charge is 0.336 e. The van der Waals surface area contributed by atoms with Crippen molar-refractivity contribution in [1.29, 1.82) is 0 Å². The lowest BCUT2D eigenvalue weighted by molar-refractivity contribution is -0.123. The van der Waals surface area contributed by atoms with E-state index in [4.69, 9.17) is 9.15 Å². The number of hydrogen-bond acceptors (Lipinski definition) is 5. The third-order valence-corrected chi connectivity index (χ3v) is 4.97. The van der Waals surface area contributed by atoms with Crippen molar-refractivity contribution in [2.45, 2.75) is 25.8 Å². The minimum atomic E-state index is -0.440. The van der Waals surface area contributed by atoms with E-state index in [9.17, 15) is 14.4 Å². The van der Waals surface area contributed by atoms with Gasteiger partial charge in [0.25, 0.3) is 5.91 Å². The second kappa shape index (κ2) is 8.41. The van der Waals surface area contributed by atoms with Gasteiger partial charge >= 0.3 is 5.63 Å². The van der Waals surface area contributed by atoms with E-state index in [0.29, 0.717) is 11.3 Å². The number of hydrogen-bond donors (Lipinski definition) is 2. The Bertz CT molecular complexity index is 1130. The van der Waals surface area contributed by atoms with Gasteiger partial charge in [0, 0.05) is 29.1 Å². The fourth-order valence-electron chi connectivity index (χ4n) is 3.09. The Kier molecular flexibility index (Phi) is 5.52. The number of benzene rings is 2. The first-order valence-corrected chi connectivity index (χ1v) is 9.85. The van der Waals surface area contributed by atoms with Gasteiger partial charge in [-0.05, 0) is 55.7 Å². The number of carbonyl (C=O) groups is 2. The third kappa shape index (κ3) is 4.86. The number of ether oxygens (including phenoxy) is 1. The van der Waals surface area contributed by atoms with Gasteiger partial charge in [-0.2, -0.15) is 0 Å². The van der Waals surface area contributed by atoms with Crippen LogP contribution in [-0.4, -0.2) is 18.4 Å². The van der Waals surface area contributed by atoms with Gasteiger partial charge in [-0.15, -0.1) is 0 Å². The van der Waals surface area contributed by atoms with Crippen molar-refractivity contribution in [2.24, 2.45) is 5.92 Å². The molecule has 2 amide bonds. The summed E-state index contributed by atoms with van der Waals surface area (Å²) < 4.78 is 10.6. The van der Waals surface area contributed by atoms with Crippen molar-refractivity contribution in [3.05, 3.63) is 70.6 Å². The summed E-state index contributed by atoms with van der Waals surface area (Å²) >= 11 is 0. The van der Waals surface area contributed by atoms with Gasteiger partial charge in [0.1, 0.15) is 11.3 Å². The van der Waals surface area contributed by atoms with Crippen molar-refractivity contribution in [3.63, 3.8) is 0 Å². The Morgan fingerprint density at radius 2 is 1.83 bits per heavy atom. The molecule has 1 aliphatic carbocycles. The number of rotatable bonds is 7. The molecular weight excluding hydrogens is 384 g/mol. The molecule has 0 bridgehead atoms. The fraction of sp³-hybridized carbons (Fsp3) is 0.261. The number of nitrogens with one attached hydrogen (secondary N) is 2. The van der Waals surface area contributed by atoms with Crippen LogP contribution in [0.1, 0.15) is 31.4 Å².